The number of methoxy groups -OCH3 is 1. The summed E-state index contributed by atoms with van der Waals surface area (Å²) in [5, 5.41) is 0. The van der Waals surface area contributed by atoms with Crippen molar-refractivity contribution in [3.63, 3.8) is 0 Å². The van der Waals surface area contributed by atoms with Crippen LogP contribution in [0.5, 0.6) is 0 Å². The fourth-order valence-corrected chi connectivity index (χ4v) is 2.70. The van der Waals surface area contributed by atoms with Gasteiger partial charge in [0.2, 0.25) is 0 Å². The van der Waals surface area contributed by atoms with Gasteiger partial charge in [0.25, 0.3) is 0 Å². The van der Waals surface area contributed by atoms with E-state index in [-0.39, 0.29) is 12.0 Å². The zero-order valence-corrected chi connectivity index (χ0v) is 12.7. The first-order chi connectivity index (χ1) is 10.9. The summed E-state index contributed by atoms with van der Waals surface area (Å²) in [4.78, 5) is 12.7. The average molecular weight is 324 g/mol. The molecule has 0 bridgehead atoms. The van der Waals surface area contributed by atoms with E-state index in [1.807, 2.05) is 0 Å². The van der Waals surface area contributed by atoms with Crippen LogP contribution in [0.1, 0.15) is 18.5 Å². The minimum Gasteiger partial charge on any atom is -0.495 e. The Morgan fingerprint density at radius 3 is 2.78 bits per heavy atom. The van der Waals surface area contributed by atoms with Gasteiger partial charge in [-0.1, -0.05) is 0 Å². The summed E-state index contributed by atoms with van der Waals surface area (Å²) >= 11 is 0. The molecule has 122 valence electrons. The molecular formula is C15H15F3N4O. The van der Waals surface area contributed by atoms with Crippen molar-refractivity contribution >= 4 is 11.8 Å². The molecule has 2 aliphatic heterocycles. The summed E-state index contributed by atoms with van der Waals surface area (Å²) in [5.41, 5.74) is 2.82. The van der Waals surface area contributed by atoms with Gasteiger partial charge in [0.15, 0.2) is 5.49 Å². The number of hydrogen-bond donors (Lipinski definition) is 0. The first-order valence-electron chi connectivity index (χ1n) is 7.02. The molecule has 3 heterocycles. The maximum Gasteiger partial charge on any atom is 0.392 e. The van der Waals surface area contributed by atoms with Crippen LogP contribution in [-0.4, -0.2) is 29.1 Å². The van der Waals surface area contributed by atoms with Crippen molar-refractivity contribution in [3.05, 3.63) is 40.4 Å². The van der Waals surface area contributed by atoms with Gasteiger partial charge in [-0.05, 0) is 5.57 Å². The summed E-state index contributed by atoms with van der Waals surface area (Å²) in [7, 11) is 3.34. The van der Waals surface area contributed by atoms with Crippen LogP contribution >= 0.6 is 0 Å². The number of allylic oxidation sites excluding steroid dienone is 2. The molecule has 3 rings (SSSR count). The van der Waals surface area contributed by atoms with E-state index < -0.39 is 12.6 Å². The molecule has 0 saturated heterocycles. The largest absolute Gasteiger partial charge is 0.495 e. The van der Waals surface area contributed by atoms with Crippen LogP contribution in [0.3, 0.4) is 0 Å². The van der Waals surface area contributed by atoms with Crippen molar-refractivity contribution in [2.75, 3.05) is 7.11 Å². The Morgan fingerprint density at radius 1 is 1.30 bits per heavy atom. The van der Waals surface area contributed by atoms with E-state index in [1.165, 1.54) is 6.20 Å². The standard InChI is InChI=1S/C15H15F3N4O/c1-22-13(10-3-4-19-8-12(10)23-2)21-11-5-9(6-15(16,17)18)7-20-14(11)22/h4,7-8H,3,5-6H2,1-2H3. The number of aromatic nitrogens is 2. The maximum absolute atomic E-state index is 12.5. The second-order valence-corrected chi connectivity index (χ2v) is 5.36. The highest BCUT2D eigenvalue weighted by Gasteiger charge is 2.30. The Labute approximate surface area is 130 Å². The molecule has 0 unspecified atom stereocenters. The van der Waals surface area contributed by atoms with Crippen molar-refractivity contribution in [2.24, 2.45) is 17.0 Å². The van der Waals surface area contributed by atoms with Gasteiger partial charge >= 0.3 is 6.18 Å². The molecule has 0 N–H and O–H groups in total. The Balaban J connectivity index is 2.04. The van der Waals surface area contributed by atoms with Crippen LogP contribution in [0, 0.1) is 0 Å². The predicted octanol–water partition coefficient (Wildman–Crippen LogP) is 1.55. The number of fused-ring (bicyclic) bond motifs is 1. The molecule has 0 spiro atoms. The summed E-state index contributed by atoms with van der Waals surface area (Å²) < 4.78 is 44.7. The van der Waals surface area contributed by atoms with E-state index in [0.717, 1.165) is 5.57 Å². The van der Waals surface area contributed by atoms with E-state index in [0.29, 0.717) is 28.8 Å². The Hall–Kier alpha value is -2.38. The third-order valence-electron chi connectivity index (χ3n) is 3.71. The second-order valence-electron chi connectivity index (χ2n) is 5.36. The van der Waals surface area contributed by atoms with Crippen molar-refractivity contribution in [2.45, 2.75) is 25.4 Å². The third kappa shape index (κ3) is 3.06. The topological polar surface area (TPSA) is 51.8 Å². The van der Waals surface area contributed by atoms with Crippen LogP contribution in [0.2, 0.25) is 0 Å². The highest BCUT2D eigenvalue weighted by molar-refractivity contribution is 5.79. The zero-order valence-electron chi connectivity index (χ0n) is 12.7. The fourth-order valence-electron chi connectivity index (χ4n) is 2.70. The van der Waals surface area contributed by atoms with Crippen LogP contribution < -0.4 is 11.0 Å². The molecule has 8 heteroatoms. The summed E-state index contributed by atoms with van der Waals surface area (Å²) in [6.45, 7) is 0. The third-order valence-corrected chi connectivity index (χ3v) is 3.71. The van der Waals surface area contributed by atoms with E-state index in [4.69, 9.17) is 4.74 Å². The molecule has 1 aromatic heterocycles. The van der Waals surface area contributed by atoms with Crippen LogP contribution in [0.25, 0.3) is 5.57 Å². The molecular weight excluding hydrogens is 309 g/mol. The van der Waals surface area contributed by atoms with Gasteiger partial charge in [0, 0.05) is 37.9 Å². The lowest BCUT2D eigenvalue weighted by atomic mass is 10.1. The fraction of sp³-hybridized carbons (Fsp3) is 0.400. The van der Waals surface area contributed by atoms with Crippen molar-refractivity contribution < 1.29 is 17.9 Å². The summed E-state index contributed by atoms with van der Waals surface area (Å²) in [5.74, 6) is 0.599. The van der Waals surface area contributed by atoms with Gasteiger partial charge in [0.1, 0.15) is 11.2 Å². The number of rotatable bonds is 2. The molecule has 2 aliphatic rings. The number of halogens is 3. The van der Waals surface area contributed by atoms with Gasteiger partial charge in [-0.15, -0.1) is 0 Å². The number of ether oxygens (including phenoxy) is 1. The first-order valence-corrected chi connectivity index (χ1v) is 7.02. The molecule has 5 nitrogen and oxygen atoms in total. The van der Waals surface area contributed by atoms with Gasteiger partial charge in [-0.2, -0.15) is 13.2 Å². The number of alkyl halides is 3. The average Bonchev–Trinajstić information content (AvgIpc) is 2.82. The molecule has 0 saturated carbocycles. The second kappa shape index (κ2) is 5.68. The Morgan fingerprint density at radius 2 is 2.09 bits per heavy atom. The number of nitrogens with zero attached hydrogens (tertiary/aromatic N) is 4. The Bertz CT molecular complexity index is 843. The van der Waals surface area contributed by atoms with E-state index >= 15 is 0 Å². The molecule has 0 aromatic carbocycles. The first kappa shape index (κ1) is 15.5. The molecule has 0 aliphatic carbocycles. The highest BCUT2D eigenvalue weighted by atomic mass is 19.4. The SMILES string of the molecule is COC1=CN=CCC1=c1nc2c(n1C)=NC=C(CC(F)(F)F)C2. The van der Waals surface area contributed by atoms with Crippen LogP contribution in [0.15, 0.2) is 33.7 Å². The van der Waals surface area contributed by atoms with Gasteiger partial charge in [-0.3, -0.25) is 4.99 Å². The monoisotopic (exact) mass is 324 g/mol. The molecule has 0 fully saturated rings. The molecule has 1 aromatic rings. The normalized spacial score (nSPS) is 19.7. The lowest BCUT2D eigenvalue weighted by molar-refractivity contribution is -0.127. The van der Waals surface area contributed by atoms with Crippen molar-refractivity contribution in [1.29, 1.82) is 0 Å². The Kier molecular flexibility index (Phi) is 3.83. The zero-order chi connectivity index (χ0) is 16.6. The minimum atomic E-state index is -4.24. The predicted molar refractivity (Wildman–Crippen MR) is 78.1 cm³/mol. The number of hydrogen-bond acceptors (Lipinski definition) is 4. The molecule has 23 heavy (non-hydrogen) atoms. The van der Waals surface area contributed by atoms with Gasteiger partial charge in [-0.25, -0.2) is 9.98 Å². The van der Waals surface area contributed by atoms with Crippen molar-refractivity contribution in [1.82, 2.24) is 9.55 Å². The maximum atomic E-state index is 12.5. The number of imidazole rings is 1. The summed E-state index contributed by atoms with van der Waals surface area (Å²) in [6, 6.07) is 0. The molecule has 0 atom stereocenters. The van der Waals surface area contributed by atoms with E-state index in [2.05, 4.69) is 15.0 Å². The smallest absolute Gasteiger partial charge is 0.392 e. The quantitative estimate of drug-likeness (QED) is 0.829. The lowest BCUT2D eigenvalue weighted by Gasteiger charge is -2.10. The van der Waals surface area contributed by atoms with Crippen LogP contribution in [-0.2, 0) is 18.2 Å². The van der Waals surface area contributed by atoms with Gasteiger partial charge < -0.3 is 9.30 Å². The lowest BCUT2D eigenvalue weighted by Crippen LogP contribution is -2.28. The number of aliphatic imine (C=N–C) groups is 1. The van der Waals surface area contributed by atoms with Crippen LogP contribution in [0.4, 0.5) is 13.2 Å². The summed E-state index contributed by atoms with van der Waals surface area (Å²) in [6.07, 6.45) is 0.117. The van der Waals surface area contributed by atoms with Crippen molar-refractivity contribution in [3.8, 4) is 0 Å². The highest BCUT2D eigenvalue weighted by Crippen LogP contribution is 2.26. The molecule has 0 radical (unpaired) electrons. The van der Waals surface area contributed by atoms with E-state index in [1.54, 1.807) is 31.1 Å². The minimum absolute atomic E-state index is 0.152. The molecule has 0 amide bonds. The van der Waals surface area contributed by atoms with E-state index in [9.17, 15) is 13.2 Å². The van der Waals surface area contributed by atoms with Gasteiger partial charge in [0.05, 0.1) is 25.4 Å².